The normalized spacial score (nSPS) is 29.8. The molecule has 28 heavy (non-hydrogen) atoms. The molecule has 3 aromatic rings. The number of rotatable bonds is 4. The molecule has 2 aromatic heterocycles. The van der Waals surface area contributed by atoms with Gasteiger partial charge in [0.2, 0.25) is 0 Å². The standard InChI is InChI=1S/C23H27N5/c1-26-5-7-28(8-6-26)16-22-14-23(22,15-22)21-10-19-9-17(3-4-18(19)11-24-21)20-12-25-27(2)13-20/h3-4,9-13H,5-8,14-16H2,1-2H3. The van der Waals surface area contributed by atoms with Gasteiger partial charge in [-0.05, 0) is 48.4 Å². The average Bonchev–Trinajstić information content (AvgIpc) is 3.44. The lowest BCUT2D eigenvalue weighted by Gasteiger charge is -2.33. The van der Waals surface area contributed by atoms with Gasteiger partial charge in [0.1, 0.15) is 0 Å². The first-order chi connectivity index (χ1) is 13.6. The third-order valence-corrected chi connectivity index (χ3v) is 7.42. The van der Waals surface area contributed by atoms with Gasteiger partial charge in [0.25, 0.3) is 0 Å². The Bertz CT molecular complexity index is 1050. The molecule has 1 saturated heterocycles. The molecule has 5 nitrogen and oxygen atoms in total. The van der Waals surface area contributed by atoms with Crippen LogP contribution in [-0.4, -0.2) is 64.3 Å². The van der Waals surface area contributed by atoms with Crippen LogP contribution in [0.2, 0.25) is 0 Å². The molecule has 3 fully saturated rings. The van der Waals surface area contributed by atoms with Crippen LogP contribution in [-0.2, 0) is 12.5 Å². The second kappa shape index (κ2) is 5.65. The molecule has 0 bridgehead atoms. The van der Waals surface area contributed by atoms with Crippen molar-refractivity contribution in [2.45, 2.75) is 18.3 Å². The lowest BCUT2D eigenvalue weighted by atomic mass is 10.0. The van der Waals surface area contributed by atoms with E-state index >= 15 is 0 Å². The zero-order chi connectivity index (χ0) is 18.9. The summed E-state index contributed by atoms with van der Waals surface area (Å²) < 4.78 is 1.86. The molecule has 1 aromatic carbocycles. The molecule has 0 amide bonds. The topological polar surface area (TPSA) is 37.2 Å². The predicted octanol–water partition coefficient (Wildman–Crippen LogP) is 2.91. The highest BCUT2D eigenvalue weighted by atomic mass is 15.3. The van der Waals surface area contributed by atoms with Crippen molar-refractivity contribution < 1.29 is 0 Å². The molecule has 5 heteroatoms. The molecule has 0 radical (unpaired) electrons. The number of hydrogen-bond acceptors (Lipinski definition) is 4. The highest BCUT2D eigenvalue weighted by molar-refractivity contribution is 5.87. The maximum Gasteiger partial charge on any atom is 0.0568 e. The minimum Gasteiger partial charge on any atom is -0.304 e. The summed E-state index contributed by atoms with van der Waals surface area (Å²) in [6.45, 7) is 6.10. The van der Waals surface area contributed by atoms with Crippen molar-refractivity contribution in [2.75, 3.05) is 39.8 Å². The molecule has 0 N–H and O–H groups in total. The van der Waals surface area contributed by atoms with Gasteiger partial charge in [-0.2, -0.15) is 5.10 Å². The van der Waals surface area contributed by atoms with Crippen molar-refractivity contribution in [1.82, 2.24) is 24.6 Å². The van der Waals surface area contributed by atoms with Gasteiger partial charge >= 0.3 is 0 Å². The average molecular weight is 374 g/mol. The summed E-state index contributed by atoms with van der Waals surface area (Å²) in [7, 11) is 4.19. The molecular formula is C23H27N5. The number of likely N-dealkylation sites (N-methyl/N-ethyl adjacent to an activating group) is 1. The van der Waals surface area contributed by atoms with Crippen molar-refractivity contribution in [3.63, 3.8) is 0 Å². The van der Waals surface area contributed by atoms with Gasteiger partial charge in [0.15, 0.2) is 0 Å². The van der Waals surface area contributed by atoms with E-state index in [1.807, 2.05) is 17.9 Å². The van der Waals surface area contributed by atoms with Gasteiger partial charge in [0, 0.05) is 74.2 Å². The monoisotopic (exact) mass is 373 g/mol. The Labute approximate surface area is 166 Å². The predicted molar refractivity (Wildman–Crippen MR) is 111 cm³/mol. The molecule has 0 spiro atoms. The quantitative estimate of drug-likeness (QED) is 0.705. The molecule has 2 aliphatic carbocycles. The number of aromatic nitrogens is 3. The number of hydrogen-bond donors (Lipinski definition) is 0. The summed E-state index contributed by atoms with van der Waals surface area (Å²) in [5, 5.41) is 6.83. The van der Waals surface area contributed by atoms with E-state index in [0.717, 1.165) is 0 Å². The van der Waals surface area contributed by atoms with Gasteiger partial charge in [-0.1, -0.05) is 12.1 Å². The summed E-state index contributed by atoms with van der Waals surface area (Å²) in [4.78, 5) is 10.0. The Morgan fingerprint density at radius 3 is 2.50 bits per heavy atom. The van der Waals surface area contributed by atoms with Gasteiger partial charge < -0.3 is 9.80 Å². The fraction of sp³-hybridized carbons (Fsp3) is 0.478. The van der Waals surface area contributed by atoms with E-state index in [0.29, 0.717) is 10.8 Å². The summed E-state index contributed by atoms with van der Waals surface area (Å²) in [5.41, 5.74) is 4.60. The van der Waals surface area contributed by atoms with Gasteiger partial charge in [-0.25, -0.2) is 0 Å². The number of piperazine rings is 1. The van der Waals surface area contributed by atoms with Gasteiger partial charge in [0.05, 0.1) is 6.20 Å². The van der Waals surface area contributed by atoms with Crippen LogP contribution in [0.25, 0.3) is 21.9 Å². The number of pyridine rings is 1. The Kier molecular flexibility index (Phi) is 3.37. The van der Waals surface area contributed by atoms with Crippen LogP contribution in [0.5, 0.6) is 0 Å². The van der Waals surface area contributed by atoms with E-state index in [-0.39, 0.29) is 0 Å². The molecule has 1 aliphatic heterocycles. The summed E-state index contributed by atoms with van der Waals surface area (Å²) >= 11 is 0. The first-order valence-corrected chi connectivity index (χ1v) is 10.4. The number of fused-ring (bicyclic) bond motifs is 2. The zero-order valence-electron chi connectivity index (χ0n) is 16.7. The molecule has 0 unspecified atom stereocenters. The van der Waals surface area contributed by atoms with Crippen LogP contribution in [0.15, 0.2) is 42.9 Å². The van der Waals surface area contributed by atoms with Crippen LogP contribution in [0, 0.1) is 5.41 Å². The van der Waals surface area contributed by atoms with Gasteiger partial charge in [-0.15, -0.1) is 0 Å². The Hall–Kier alpha value is -2.24. The first-order valence-electron chi connectivity index (χ1n) is 10.4. The molecule has 6 rings (SSSR count). The van der Waals surface area contributed by atoms with E-state index in [4.69, 9.17) is 4.98 Å². The number of nitrogens with zero attached hydrogens (tertiary/aromatic N) is 5. The first kappa shape index (κ1) is 16.7. The second-order valence-electron chi connectivity index (χ2n) is 9.33. The SMILES string of the molecule is CN1CCN(CC23CC2(c2cc4cc(-c5cnn(C)c5)ccc4cn2)C3)CC1. The molecule has 2 saturated carbocycles. The summed E-state index contributed by atoms with van der Waals surface area (Å²) in [6, 6.07) is 9.00. The van der Waals surface area contributed by atoms with Crippen LogP contribution in [0.1, 0.15) is 18.5 Å². The minimum atomic E-state index is 0.370. The lowest BCUT2D eigenvalue weighted by molar-refractivity contribution is 0.141. The summed E-state index contributed by atoms with van der Waals surface area (Å²) in [6.07, 6.45) is 8.74. The minimum absolute atomic E-state index is 0.370. The van der Waals surface area contributed by atoms with Crippen molar-refractivity contribution in [3.8, 4) is 11.1 Å². The fourth-order valence-corrected chi connectivity index (χ4v) is 5.32. The third kappa shape index (κ3) is 2.46. The second-order valence-corrected chi connectivity index (χ2v) is 9.33. The lowest BCUT2D eigenvalue weighted by Crippen LogP contribution is -2.45. The Morgan fingerprint density at radius 2 is 1.75 bits per heavy atom. The van der Waals surface area contributed by atoms with Crippen molar-refractivity contribution in [1.29, 1.82) is 0 Å². The Morgan fingerprint density at radius 1 is 0.929 bits per heavy atom. The van der Waals surface area contributed by atoms with Crippen molar-refractivity contribution in [3.05, 3.63) is 48.5 Å². The largest absolute Gasteiger partial charge is 0.304 e. The van der Waals surface area contributed by atoms with Crippen LogP contribution in [0.4, 0.5) is 0 Å². The smallest absolute Gasteiger partial charge is 0.0568 e. The van der Waals surface area contributed by atoms with E-state index in [2.05, 4.69) is 58.6 Å². The van der Waals surface area contributed by atoms with E-state index in [1.165, 1.54) is 73.2 Å². The van der Waals surface area contributed by atoms with Crippen LogP contribution in [0.3, 0.4) is 0 Å². The maximum absolute atomic E-state index is 4.90. The number of benzene rings is 1. The molecule has 0 atom stereocenters. The molecule has 3 heterocycles. The molecular weight excluding hydrogens is 346 g/mol. The zero-order valence-corrected chi connectivity index (χ0v) is 16.7. The van der Waals surface area contributed by atoms with E-state index in [1.54, 1.807) is 0 Å². The van der Waals surface area contributed by atoms with Crippen molar-refractivity contribution >= 4 is 10.8 Å². The van der Waals surface area contributed by atoms with E-state index in [9.17, 15) is 0 Å². The van der Waals surface area contributed by atoms with E-state index < -0.39 is 0 Å². The maximum atomic E-state index is 4.90. The third-order valence-electron chi connectivity index (χ3n) is 7.42. The number of aryl methyl sites for hydroxylation is 1. The Balaban J connectivity index is 1.26. The van der Waals surface area contributed by atoms with Crippen molar-refractivity contribution in [2.24, 2.45) is 12.5 Å². The van der Waals surface area contributed by atoms with Crippen LogP contribution >= 0.6 is 0 Å². The highest BCUT2D eigenvalue weighted by Crippen LogP contribution is 2.85. The summed E-state index contributed by atoms with van der Waals surface area (Å²) in [5.74, 6) is 0. The fourth-order valence-electron chi connectivity index (χ4n) is 5.32. The van der Waals surface area contributed by atoms with Crippen LogP contribution < -0.4 is 0 Å². The molecule has 144 valence electrons. The van der Waals surface area contributed by atoms with Gasteiger partial charge in [-0.3, -0.25) is 9.67 Å². The highest BCUT2D eigenvalue weighted by Gasteiger charge is 2.84. The molecule has 3 aliphatic rings.